The summed E-state index contributed by atoms with van der Waals surface area (Å²) >= 11 is 0. The van der Waals surface area contributed by atoms with Crippen LogP contribution in [0, 0.1) is 18.3 Å². The van der Waals surface area contributed by atoms with E-state index in [9.17, 15) is 13.2 Å². The molecule has 2 aliphatic rings. The van der Waals surface area contributed by atoms with Crippen LogP contribution in [0.25, 0.3) is 0 Å². The number of rotatable bonds is 5. The Balaban J connectivity index is 1.40. The SMILES string of the molecule is Cc1cccc(S(=O)(=O)N2CC[C@@]3(C[C@H]3C(=O)NCc3ccco3)C2)c1. The highest BCUT2D eigenvalue weighted by Crippen LogP contribution is 2.59. The Morgan fingerprint density at radius 2 is 2.19 bits per heavy atom. The van der Waals surface area contributed by atoms with Crippen LogP contribution in [0.15, 0.2) is 52.0 Å². The smallest absolute Gasteiger partial charge is 0.243 e. The van der Waals surface area contributed by atoms with Gasteiger partial charge in [-0.1, -0.05) is 12.1 Å². The van der Waals surface area contributed by atoms with Gasteiger partial charge in [-0.3, -0.25) is 4.79 Å². The number of nitrogens with one attached hydrogen (secondary N) is 1. The van der Waals surface area contributed by atoms with Crippen molar-refractivity contribution in [3.8, 4) is 0 Å². The van der Waals surface area contributed by atoms with Gasteiger partial charge in [-0.2, -0.15) is 4.31 Å². The molecule has 2 fully saturated rings. The Morgan fingerprint density at radius 1 is 1.35 bits per heavy atom. The molecular weight excluding hydrogens is 352 g/mol. The second-order valence-corrected chi connectivity index (χ2v) is 9.26. The molecule has 1 saturated carbocycles. The first-order valence-corrected chi connectivity index (χ1v) is 10.2. The zero-order chi connectivity index (χ0) is 18.4. The van der Waals surface area contributed by atoms with Crippen molar-refractivity contribution < 1.29 is 17.6 Å². The molecule has 1 aliphatic heterocycles. The minimum Gasteiger partial charge on any atom is -0.467 e. The first kappa shape index (κ1) is 17.3. The van der Waals surface area contributed by atoms with E-state index in [1.807, 2.05) is 19.1 Å². The van der Waals surface area contributed by atoms with Gasteiger partial charge in [0.2, 0.25) is 15.9 Å². The van der Waals surface area contributed by atoms with Gasteiger partial charge in [-0.15, -0.1) is 0 Å². The molecular formula is C19H22N2O4S. The van der Waals surface area contributed by atoms with Crippen molar-refractivity contribution in [2.24, 2.45) is 11.3 Å². The van der Waals surface area contributed by atoms with Crippen LogP contribution in [-0.2, 0) is 21.4 Å². The van der Waals surface area contributed by atoms with Crippen LogP contribution in [0.2, 0.25) is 0 Å². The molecule has 6 nitrogen and oxygen atoms in total. The van der Waals surface area contributed by atoms with E-state index in [0.29, 0.717) is 30.3 Å². The Kier molecular flexibility index (Phi) is 4.16. The lowest BCUT2D eigenvalue weighted by molar-refractivity contribution is -0.123. The maximum atomic E-state index is 12.9. The van der Waals surface area contributed by atoms with Crippen molar-refractivity contribution in [1.82, 2.24) is 9.62 Å². The number of nitrogens with zero attached hydrogens (tertiary/aromatic N) is 1. The van der Waals surface area contributed by atoms with E-state index in [0.717, 1.165) is 18.4 Å². The molecule has 2 heterocycles. The molecule has 26 heavy (non-hydrogen) atoms. The lowest BCUT2D eigenvalue weighted by Crippen LogP contribution is -2.31. The van der Waals surface area contributed by atoms with Gasteiger partial charge < -0.3 is 9.73 Å². The summed E-state index contributed by atoms with van der Waals surface area (Å²) in [5.74, 6) is 0.578. The normalized spacial score (nSPS) is 25.5. The summed E-state index contributed by atoms with van der Waals surface area (Å²) in [6, 6.07) is 10.6. The van der Waals surface area contributed by atoms with Gasteiger partial charge in [0.1, 0.15) is 5.76 Å². The number of hydrogen-bond acceptors (Lipinski definition) is 4. The first-order chi connectivity index (χ1) is 12.4. The second kappa shape index (κ2) is 6.25. The predicted octanol–water partition coefficient (Wildman–Crippen LogP) is 2.31. The molecule has 7 heteroatoms. The minimum absolute atomic E-state index is 0.0174. The summed E-state index contributed by atoms with van der Waals surface area (Å²) in [5.41, 5.74) is 0.714. The molecule has 2 aromatic rings. The van der Waals surface area contributed by atoms with E-state index in [2.05, 4.69) is 5.32 Å². The lowest BCUT2D eigenvalue weighted by atomic mass is 10.0. The summed E-state index contributed by atoms with van der Waals surface area (Å²) < 4.78 is 32.5. The van der Waals surface area contributed by atoms with Crippen molar-refractivity contribution >= 4 is 15.9 Å². The molecule has 1 amide bonds. The zero-order valence-corrected chi connectivity index (χ0v) is 15.5. The highest BCUT2D eigenvalue weighted by Gasteiger charge is 2.62. The zero-order valence-electron chi connectivity index (χ0n) is 14.6. The van der Waals surface area contributed by atoms with Crippen LogP contribution < -0.4 is 5.32 Å². The molecule has 1 spiro atoms. The van der Waals surface area contributed by atoms with Gasteiger partial charge in [0.15, 0.2) is 0 Å². The van der Waals surface area contributed by atoms with Crippen molar-refractivity contribution in [2.75, 3.05) is 13.1 Å². The van der Waals surface area contributed by atoms with Crippen LogP contribution in [0.3, 0.4) is 0 Å². The fourth-order valence-electron chi connectivity index (χ4n) is 3.87. The summed E-state index contributed by atoms with van der Waals surface area (Å²) in [6.07, 6.45) is 3.05. The fraction of sp³-hybridized carbons (Fsp3) is 0.421. The highest BCUT2D eigenvalue weighted by molar-refractivity contribution is 7.89. The standard InChI is InChI=1S/C19H22N2O4S/c1-14-4-2-6-16(10-14)26(23,24)21-8-7-19(13-21)11-17(19)18(22)20-12-15-5-3-9-25-15/h2-6,9-10,17H,7-8,11-13H2,1H3,(H,20,22)/t17-,19+/m0/s1. The number of benzene rings is 1. The molecule has 0 unspecified atom stereocenters. The van der Waals surface area contributed by atoms with E-state index in [-0.39, 0.29) is 17.2 Å². The highest BCUT2D eigenvalue weighted by atomic mass is 32.2. The van der Waals surface area contributed by atoms with E-state index in [4.69, 9.17) is 4.42 Å². The number of furan rings is 1. The summed E-state index contributed by atoms with van der Waals surface area (Å²) in [7, 11) is -3.50. The number of sulfonamides is 1. The van der Waals surface area contributed by atoms with Gasteiger partial charge in [-0.25, -0.2) is 8.42 Å². The third-order valence-electron chi connectivity index (χ3n) is 5.50. The maximum absolute atomic E-state index is 12.9. The number of carbonyl (C=O) groups excluding carboxylic acids is 1. The van der Waals surface area contributed by atoms with Crippen molar-refractivity contribution in [2.45, 2.75) is 31.2 Å². The molecule has 4 rings (SSSR count). The van der Waals surface area contributed by atoms with Gasteiger partial charge in [0.25, 0.3) is 0 Å². The molecule has 1 saturated heterocycles. The van der Waals surface area contributed by atoms with Crippen LogP contribution in [0.5, 0.6) is 0 Å². The van der Waals surface area contributed by atoms with Gasteiger partial charge in [0.05, 0.1) is 17.7 Å². The monoisotopic (exact) mass is 374 g/mol. The summed E-state index contributed by atoms with van der Waals surface area (Å²) in [5, 5.41) is 2.89. The number of aryl methyl sites for hydroxylation is 1. The van der Waals surface area contributed by atoms with Gasteiger partial charge in [-0.05, 0) is 55.0 Å². The van der Waals surface area contributed by atoms with Crippen molar-refractivity contribution in [3.63, 3.8) is 0 Å². The minimum atomic E-state index is -3.50. The average Bonchev–Trinajstić information content (AvgIpc) is 2.97. The number of amides is 1. The largest absolute Gasteiger partial charge is 0.467 e. The van der Waals surface area contributed by atoms with Gasteiger partial charge in [0, 0.05) is 19.0 Å². The molecule has 0 bridgehead atoms. The second-order valence-electron chi connectivity index (χ2n) is 7.32. The predicted molar refractivity (Wildman–Crippen MR) is 95.6 cm³/mol. The molecule has 138 valence electrons. The Morgan fingerprint density at radius 3 is 2.92 bits per heavy atom. The molecule has 1 N–H and O–H groups in total. The average molecular weight is 374 g/mol. The van der Waals surface area contributed by atoms with Crippen LogP contribution in [0.4, 0.5) is 0 Å². The molecule has 1 aromatic carbocycles. The van der Waals surface area contributed by atoms with Crippen molar-refractivity contribution in [3.05, 3.63) is 54.0 Å². The van der Waals surface area contributed by atoms with E-state index >= 15 is 0 Å². The molecule has 1 aromatic heterocycles. The van der Waals surface area contributed by atoms with Gasteiger partial charge >= 0.3 is 0 Å². The third-order valence-corrected chi connectivity index (χ3v) is 7.34. The maximum Gasteiger partial charge on any atom is 0.243 e. The van der Waals surface area contributed by atoms with Crippen LogP contribution in [0.1, 0.15) is 24.2 Å². The molecule has 2 atom stereocenters. The van der Waals surface area contributed by atoms with Crippen molar-refractivity contribution in [1.29, 1.82) is 0 Å². The van der Waals surface area contributed by atoms with E-state index in [1.54, 1.807) is 30.5 Å². The lowest BCUT2D eigenvalue weighted by Gasteiger charge is -2.17. The molecule has 0 radical (unpaired) electrons. The number of carbonyl (C=O) groups is 1. The Labute approximate surface area is 153 Å². The third kappa shape index (κ3) is 3.05. The van der Waals surface area contributed by atoms with E-state index in [1.165, 1.54) is 4.31 Å². The Hall–Kier alpha value is -2.12. The first-order valence-electron chi connectivity index (χ1n) is 8.78. The quantitative estimate of drug-likeness (QED) is 0.871. The molecule has 1 aliphatic carbocycles. The summed E-state index contributed by atoms with van der Waals surface area (Å²) in [6.45, 7) is 3.13. The van der Waals surface area contributed by atoms with E-state index < -0.39 is 10.0 Å². The van der Waals surface area contributed by atoms with Crippen LogP contribution in [-0.4, -0.2) is 31.7 Å². The Bertz CT molecular complexity index is 923. The number of hydrogen-bond donors (Lipinski definition) is 1. The topological polar surface area (TPSA) is 79.6 Å². The summed E-state index contributed by atoms with van der Waals surface area (Å²) in [4.78, 5) is 12.7. The fourth-order valence-corrected chi connectivity index (χ4v) is 5.51. The van der Waals surface area contributed by atoms with Crippen LogP contribution >= 0.6 is 0 Å².